The van der Waals surface area contributed by atoms with Gasteiger partial charge in [0.05, 0.1) is 16.5 Å². The number of nitrogens with two attached hydrogens (primary N) is 1. The van der Waals surface area contributed by atoms with Gasteiger partial charge in [0.25, 0.3) is 11.8 Å². The van der Waals surface area contributed by atoms with Crippen LogP contribution in [0, 0.1) is 0 Å². The fourth-order valence-corrected chi connectivity index (χ4v) is 3.37. The van der Waals surface area contributed by atoms with Crippen LogP contribution in [0.5, 0.6) is 0 Å². The summed E-state index contributed by atoms with van der Waals surface area (Å²) in [5.74, 6) is 4.39. The Hall–Kier alpha value is -2.68. The molecule has 1 unspecified atom stereocenters. The Morgan fingerprint density at radius 1 is 1.00 bits per heavy atom. The van der Waals surface area contributed by atoms with Crippen molar-refractivity contribution in [1.82, 2.24) is 10.4 Å². The van der Waals surface area contributed by atoms with Crippen molar-refractivity contribution in [3.05, 3.63) is 93.7 Å². The minimum absolute atomic E-state index is 0.193. The number of nitrogens with one attached hydrogen (secondary N) is 2. The summed E-state index contributed by atoms with van der Waals surface area (Å²) < 4.78 is 0.696. The van der Waals surface area contributed by atoms with Gasteiger partial charge in [0.2, 0.25) is 0 Å². The highest BCUT2D eigenvalue weighted by Gasteiger charge is 2.16. The molecule has 1 aromatic heterocycles. The summed E-state index contributed by atoms with van der Waals surface area (Å²) in [7, 11) is 0. The second-order valence-corrected chi connectivity index (χ2v) is 7.36. The van der Waals surface area contributed by atoms with Gasteiger partial charge < -0.3 is 5.32 Å². The van der Waals surface area contributed by atoms with Gasteiger partial charge in [0.15, 0.2) is 0 Å². The fraction of sp³-hybridized carbons (Fsp3) is 0.0500. The van der Waals surface area contributed by atoms with E-state index in [4.69, 9.17) is 5.84 Å². The van der Waals surface area contributed by atoms with Crippen molar-refractivity contribution in [3.63, 3.8) is 0 Å². The molecule has 0 saturated carbocycles. The Bertz CT molecular complexity index is 1010. The topological polar surface area (TPSA) is 97.1 Å². The molecule has 0 bridgehead atoms. The van der Waals surface area contributed by atoms with E-state index in [-0.39, 0.29) is 16.7 Å². The number of amides is 2. The van der Waals surface area contributed by atoms with Crippen molar-refractivity contribution >= 4 is 46.1 Å². The molecule has 0 radical (unpaired) electrons. The number of benzene rings is 2. The number of hydrazine groups is 1. The second kappa shape index (κ2) is 9.01. The van der Waals surface area contributed by atoms with Crippen LogP contribution in [0.2, 0.25) is 0 Å². The van der Waals surface area contributed by atoms with Crippen molar-refractivity contribution in [2.24, 2.45) is 5.84 Å². The maximum atomic E-state index is 12.8. The zero-order valence-electron chi connectivity index (χ0n) is 14.6. The molecule has 0 spiro atoms. The molecule has 1 heterocycles. The van der Waals surface area contributed by atoms with Crippen LogP contribution < -0.4 is 16.6 Å². The first-order valence-corrected chi connectivity index (χ1v) is 9.60. The van der Waals surface area contributed by atoms with Gasteiger partial charge in [-0.25, -0.2) is 5.84 Å². The molecular formula is C20H17BrN4O2S. The minimum atomic E-state index is -0.501. The normalized spacial score (nSPS) is 11.5. The number of carbonyl (C=O) groups is 2. The molecule has 0 fully saturated rings. The van der Waals surface area contributed by atoms with Crippen LogP contribution in [0.3, 0.4) is 0 Å². The zero-order valence-corrected chi connectivity index (χ0v) is 17.1. The Kier molecular flexibility index (Phi) is 6.45. The fourth-order valence-electron chi connectivity index (χ4n) is 2.67. The highest BCUT2D eigenvalue weighted by atomic mass is 79.9. The summed E-state index contributed by atoms with van der Waals surface area (Å²) in [6.45, 7) is 0. The van der Waals surface area contributed by atoms with E-state index in [9.17, 15) is 9.59 Å². The average molecular weight is 457 g/mol. The number of aromatic nitrogens is 1. The van der Waals surface area contributed by atoms with E-state index in [0.717, 1.165) is 11.1 Å². The highest BCUT2D eigenvalue weighted by Crippen LogP contribution is 2.28. The first-order valence-electron chi connectivity index (χ1n) is 8.29. The Balaban J connectivity index is 1.86. The van der Waals surface area contributed by atoms with E-state index in [2.05, 4.69) is 44.3 Å². The second-order valence-electron chi connectivity index (χ2n) is 5.93. The van der Waals surface area contributed by atoms with Crippen LogP contribution in [-0.4, -0.2) is 16.8 Å². The number of pyridine rings is 1. The molecule has 4 N–H and O–H groups in total. The third-order valence-corrected chi connectivity index (χ3v) is 5.18. The summed E-state index contributed by atoms with van der Waals surface area (Å²) in [4.78, 5) is 28.7. The first-order chi connectivity index (χ1) is 13.5. The number of nitrogens with zero attached hydrogens (tertiary/aromatic N) is 1. The van der Waals surface area contributed by atoms with Crippen LogP contribution >= 0.6 is 28.6 Å². The van der Waals surface area contributed by atoms with Gasteiger partial charge in [0.1, 0.15) is 0 Å². The average Bonchev–Trinajstić information content (AvgIpc) is 2.74. The van der Waals surface area contributed by atoms with E-state index < -0.39 is 5.91 Å². The number of halogens is 1. The monoisotopic (exact) mass is 456 g/mol. The first kappa shape index (κ1) is 20.1. The van der Waals surface area contributed by atoms with Gasteiger partial charge in [0, 0.05) is 22.4 Å². The summed E-state index contributed by atoms with van der Waals surface area (Å²) in [5, 5.41) is 2.57. The van der Waals surface area contributed by atoms with Crippen molar-refractivity contribution in [1.29, 1.82) is 0 Å². The Morgan fingerprint density at radius 2 is 1.75 bits per heavy atom. The van der Waals surface area contributed by atoms with Crippen molar-refractivity contribution < 1.29 is 9.59 Å². The molecule has 6 nitrogen and oxygen atoms in total. The van der Waals surface area contributed by atoms with Gasteiger partial charge in [-0.1, -0.05) is 28.1 Å². The lowest BCUT2D eigenvalue weighted by molar-refractivity contribution is 0.0954. The van der Waals surface area contributed by atoms with Crippen molar-refractivity contribution in [2.75, 3.05) is 5.32 Å². The number of hydrogen-bond acceptors (Lipinski definition) is 5. The number of nitrogen functional groups attached to an aromatic ring is 1. The van der Waals surface area contributed by atoms with Gasteiger partial charge in [-0.2, -0.15) is 12.6 Å². The standard InChI is InChI=1S/C20H17BrN4O2S/c21-15-4-5-17(16(11-15)20(27)25-22)24-19(26)14-3-1-2-13(10-14)18(28)12-6-8-23-9-7-12/h1-11,18,28H,22H2,(H,24,26)(H,25,27). The lowest BCUT2D eigenvalue weighted by atomic mass is 10.0. The van der Waals surface area contributed by atoms with Gasteiger partial charge in [-0.3, -0.25) is 20.0 Å². The Labute approximate surface area is 176 Å². The van der Waals surface area contributed by atoms with Crippen molar-refractivity contribution in [3.8, 4) is 0 Å². The molecular weight excluding hydrogens is 440 g/mol. The third-order valence-electron chi connectivity index (χ3n) is 4.09. The highest BCUT2D eigenvalue weighted by molar-refractivity contribution is 9.10. The molecule has 2 aromatic carbocycles. The number of thiol groups is 1. The van der Waals surface area contributed by atoms with Crippen LogP contribution in [0.15, 0.2) is 71.5 Å². The smallest absolute Gasteiger partial charge is 0.267 e. The van der Waals surface area contributed by atoms with E-state index in [0.29, 0.717) is 15.7 Å². The lowest BCUT2D eigenvalue weighted by Crippen LogP contribution is -2.31. The van der Waals surface area contributed by atoms with Gasteiger partial charge >= 0.3 is 0 Å². The number of carbonyl (C=O) groups excluding carboxylic acids is 2. The SMILES string of the molecule is NNC(=O)c1cc(Br)ccc1NC(=O)c1cccc(C(S)c2ccncc2)c1. The van der Waals surface area contributed by atoms with Gasteiger partial charge in [-0.15, -0.1) is 0 Å². The molecule has 0 aliphatic heterocycles. The van der Waals surface area contributed by atoms with E-state index in [1.165, 1.54) is 0 Å². The summed E-state index contributed by atoms with van der Waals surface area (Å²) in [6.07, 6.45) is 3.40. The zero-order chi connectivity index (χ0) is 20.1. The molecule has 0 aliphatic rings. The van der Waals surface area contributed by atoms with Crippen molar-refractivity contribution in [2.45, 2.75) is 5.25 Å². The number of anilines is 1. The molecule has 142 valence electrons. The van der Waals surface area contributed by atoms with Crippen LogP contribution in [0.4, 0.5) is 5.69 Å². The Morgan fingerprint density at radius 3 is 2.46 bits per heavy atom. The molecule has 28 heavy (non-hydrogen) atoms. The third kappa shape index (κ3) is 4.59. The summed E-state index contributed by atoms with van der Waals surface area (Å²) >= 11 is 7.97. The largest absolute Gasteiger partial charge is 0.321 e. The van der Waals surface area contributed by atoms with E-state index in [1.807, 2.05) is 18.2 Å². The predicted molar refractivity (Wildman–Crippen MR) is 115 cm³/mol. The van der Waals surface area contributed by atoms with Crippen LogP contribution in [0.1, 0.15) is 37.1 Å². The summed E-state index contributed by atoms with van der Waals surface area (Å²) in [5.41, 5.74) is 4.99. The van der Waals surface area contributed by atoms with Crippen LogP contribution in [-0.2, 0) is 0 Å². The van der Waals surface area contributed by atoms with Gasteiger partial charge in [-0.05, 0) is 53.6 Å². The molecule has 0 saturated heterocycles. The lowest BCUT2D eigenvalue weighted by Gasteiger charge is -2.14. The molecule has 8 heteroatoms. The molecule has 3 rings (SSSR count). The summed E-state index contributed by atoms with van der Waals surface area (Å²) in [6, 6.07) is 15.9. The maximum Gasteiger partial charge on any atom is 0.267 e. The van der Waals surface area contributed by atoms with E-state index in [1.54, 1.807) is 48.8 Å². The minimum Gasteiger partial charge on any atom is -0.321 e. The molecule has 3 aromatic rings. The number of rotatable bonds is 5. The number of hydrogen-bond donors (Lipinski definition) is 4. The van der Waals surface area contributed by atoms with Crippen LogP contribution in [0.25, 0.3) is 0 Å². The maximum absolute atomic E-state index is 12.8. The molecule has 1 atom stereocenters. The molecule has 2 amide bonds. The predicted octanol–water partition coefficient (Wildman–Crippen LogP) is 3.72. The molecule has 0 aliphatic carbocycles. The quantitative estimate of drug-likeness (QED) is 0.203. The van der Waals surface area contributed by atoms with E-state index >= 15 is 0 Å².